The molecule has 0 spiro atoms. The van der Waals surface area contributed by atoms with Crippen molar-refractivity contribution in [2.45, 2.75) is 59.3 Å². The normalized spacial score (nSPS) is 12.3. The summed E-state index contributed by atoms with van der Waals surface area (Å²) in [6.07, 6.45) is 0. The largest absolute Gasteiger partial charge is 0.349 e. The molecule has 0 saturated carbocycles. The van der Waals surface area contributed by atoms with Crippen LogP contribution in [0.5, 0.6) is 0 Å². The Morgan fingerprint density at radius 1 is 1.24 bits per heavy atom. The SMILES string of the molecule is CCn1c(SCC(=O)NC(C)c2ccc(C)c(C)c2)nc2sc(C)c(C)c2c1=O. The first-order valence-electron chi connectivity index (χ1n) is 9.72. The van der Waals surface area contributed by atoms with Gasteiger partial charge in [-0.25, -0.2) is 4.98 Å². The molecule has 0 radical (unpaired) electrons. The van der Waals surface area contributed by atoms with Gasteiger partial charge in [0.1, 0.15) is 4.83 Å². The van der Waals surface area contributed by atoms with Crippen LogP contribution in [0.1, 0.15) is 47.0 Å². The van der Waals surface area contributed by atoms with Crippen LogP contribution in [0, 0.1) is 27.7 Å². The summed E-state index contributed by atoms with van der Waals surface area (Å²) in [4.78, 5) is 32.0. The van der Waals surface area contributed by atoms with Crippen LogP contribution < -0.4 is 10.9 Å². The zero-order valence-corrected chi connectivity index (χ0v) is 19.4. The number of carbonyl (C=O) groups excluding carboxylic acids is 1. The molecule has 0 aliphatic rings. The summed E-state index contributed by atoms with van der Waals surface area (Å²) in [5.74, 6) is 0.146. The third-order valence-electron chi connectivity index (χ3n) is 5.31. The Kier molecular flexibility index (Phi) is 6.49. The summed E-state index contributed by atoms with van der Waals surface area (Å²) in [6.45, 7) is 12.6. The van der Waals surface area contributed by atoms with Gasteiger partial charge in [0, 0.05) is 11.4 Å². The van der Waals surface area contributed by atoms with Crippen molar-refractivity contribution in [3.63, 3.8) is 0 Å². The second-order valence-corrected chi connectivity index (χ2v) is 9.47. The Hall–Kier alpha value is -2.12. The third kappa shape index (κ3) is 4.41. The van der Waals surface area contributed by atoms with Crippen molar-refractivity contribution in [1.82, 2.24) is 14.9 Å². The van der Waals surface area contributed by atoms with Crippen LogP contribution in [0.25, 0.3) is 10.2 Å². The van der Waals surface area contributed by atoms with Crippen molar-refractivity contribution in [2.75, 3.05) is 5.75 Å². The molecule has 2 heterocycles. The van der Waals surface area contributed by atoms with Gasteiger partial charge < -0.3 is 5.32 Å². The van der Waals surface area contributed by atoms with E-state index in [4.69, 9.17) is 0 Å². The zero-order valence-electron chi connectivity index (χ0n) is 17.8. The molecule has 0 aliphatic carbocycles. The molecule has 1 amide bonds. The fourth-order valence-corrected chi connectivity index (χ4v) is 5.17. The molecule has 29 heavy (non-hydrogen) atoms. The van der Waals surface area contributed by atoms with E-state index in [1.165, 1.54) is 34.2 Å². The van der Waals surface area contributed by atoms with E-state index in [2.05, 4.69) is 36.3 Å². The number of nitrogens with one attached hydrogen (secondary N) is 1. The van der Waals surface area contributed by atoms with Gasteiger partial charge in [0.2, 0.25) is 5.91 Å². The predicted molar refractivity (Wildman–Crippen MR) is 122 cm³/mol. The fourth-order valence-electron chi connectivity index (χ4n) is 3.23. The smallest absolute Gasteiger partial charge is 0.263 e. The maximum atomic E-state index is 12.9. The van der Waals surface area contributed by atoms with Crippen LogP contribution in [0.3, 0.4) is 0 Å². The lowest BCUT2D eigenvalue weighted by Gasteiger charge is -2.16. The Labute approximate surface area is 179 Å². The summed E-state index contributed by atoms with van der Waals surface area (Å²) in [5.41, 5.74) is 4.51. The molecule has 7 heteroatoms. The second kappa shape index (κ2) is 8.71. The Morgan fingerprint density at radius 3 is 2.62 bits per heavy atom. The van der Waals surface area contributed by atoms with Crippen molar-refractivity contribution in [3.05, 3.63) is 55.7 Å². The molecule has 0 saturated heterocycles. The van der Waals surface area contributed by atoms with Crippen molar-refractivity contribution < 1.29 is 4.79 Å². The molecule has 5 nitrogen and oxygen atoms in total. The van der Waals surface area contributed by atoms with Gasteiger partial charge in [-0.05, 0) is 63.8 Å². The van der Waals surface area contributed by atoms with Crippen LogP contribution in [0.15, 0.2) is 28.2 Å². The van der Waals surface area contributed by atoms with Gasteiger partial charge in [0.15, 0.2) is 5.16 Å². The third-order valence-corrected chi connectivity index (χ3v) is 7.39. The first kappa shape index (κ1) is 21.6. The number of hydrogen-bond donors (Lipinski definition) is 1. The first-order chi connectivity index (χ1) is 13.7. The number of aryl methyl sites for hydroxylation is 4. The monoisotopic (exact) mass is 429 g/mol. The maximum absolute atomic E-state index is 12.9. The van der Waals surface area contributed by atoms with Crippen molar-refractivity contribution >= 4 is 39.2 Å². The van der Waals surface area contributed by atoms with E-state index < -0.39 is 0 Å². The predicted octanol–water partition coefficient (Wildman–Crippen LogP) is 4.68. The summed E-state index contributed by atoms with van der Waals surface area (Å²) in [7, 11) is 0. The highest BCUT2D eigenvalue weighted by atomic mass is 32.2. The summed E-state index contributed by atoms with van der Waals surface area (Å²) < 4.78 is 1.66. The topological polar surface area (TPSA) is 64.0 Å². The molecule has 0 bridgehead atoms. The van der Waals surface area contributed by atoms with Gasteiger partial charge in [-0.1, -0.05) is 30.0 Å². The van der Waals surface area contributed by atoms with Gasteiger partial charge in [0.25, 0.3) is 5.56 Å². The van der Waals surface area contributed by atoms with Crippen LogP contribution in [0.2, 0.25) is 0 Å². The molecule has 0 fully saturated rings. The number of aromatic nitrogens is 2. The van der Waals surface area contributed by atoms with E-state index >= 15 is 0 Å². The highest BCUT2D eigenvalue weighted by molar-refractivity contribution is 7.99. The van der Waals surface area contributed by atoms with Gasteiger partial charge in [-0.2, -0.15) is 0 Å². The molecular weight excluding hydrogens is 402 g/mol. The zero-order chi connectivity index (χ0) is 21.3. The summed E-state index contributed by atoms with van der Waals surface area (Å²) in [5, 5.41) is 4.34. The van der Waals surface area contributed by atoms with Gasteiger partial charge in [-0.3, -0.25) is 14.2 Å². The van der Waals surface area contributed by atoms with Gasteiger partial charge in [-0.15, -0.1) is 11.3 Å². The molecule has 1 atom stereocenters. The van der Waals surface area contributed by atoms with Gasteiger partial charge >= 0.3 is 0 Å². The van der Waals surface area contributed by atoms with Crippen molar-refractivity contribution in [2.24, 2.45) is 0 Å². The number of fused-ring (bicyclic) bond motifs is 1. The average Bonchev–Trinajstić information content (AvgIpc) is 2.96. The van der Waals surface area contributed by atoms with E-state index in [0.29, 0.717) is 17.1 Å². The van der Waals surface area contributed by atoms with Crippen LogP contribution >= 0.6 is 23.1 Å². The lowest BCUT2D eigenvalue weighted by Crippen LogP contribution is -2.29. The molecule has 1 N–H and O–H groups in total. The summed E-state index contributed by atoms with van der Waals surface area (Å²) >= 11 is 2.85. The number of thioether (sulfide) groups is 1. The maximum Gasteiger partial charge on any atom is 0.263 e. The average molecular weight is 430 g/mol. The first-order valence-corrected chi connectivity index (χ1v) is 11.5. The molecule has 0 aliphatic heterocycles. The Bertz CT molecular complexity index is 1130. The number of amides is 1. The van der Waals surface area contributed by atoms with E-state index in [1.807, 2.05) is 33.8 Å². The number of thiophene rings is 1. The van der Waals surface area contributed by atoms with Crippen molar-refractivity contribution in [3.8, 4) is 0 Å². The van der Waals surface area contributed by atoms with Gasteiger partial charge in [0.05, 0.1) is 17.2 Å². The number of nitrogens with zero attached hydrogens (tertiary/aromatic N) is 2. The standard InChI is InChI=1S/C22H27N3O2S2/c1-7-25-21(27)19-14(4)16(6)29-20(19)24-22(25)28-11-18(26)23-15(5)17-9-8-12(2)13(3)10-17/h8-10,15H,7,11H2,1-6H3,(H,23,26). The highest BCUT2D eigenvalue weighted by Gasteiger charge is 2.17. The van der Waals surface area contributed by atoms with Crippen LogP contribution in [-0.4, -0.2) is 21.2 Å². The van der Waals surface area contributed by atoms with E-state index in [1.54, 1.807) is 4.57 Å². The molecule has 1 aromatic carbocycles. The highest BCUT2D eigenvalue weighted by Crippen LogP contribution is 2.28. The lowest BCUT2D eigenvalue weighted by atomic mass is 10.0. The number of carbonyl (C=O) groups is 1. The number of rotatable bonds is 6. The second-order valence-electron chi connectivity index (χ2n) is 7.33. The lowest BCUT2D eigenvalue weighted by molar-refractivity contribution is -0.119. The molecule has 3 rings (SSSR count). The Balaban J connectivity index is 1.75. The van der Waals surface area contributed by atoms with E-state index in [-0.39, 0.29) is 23.3 Å². The molecule has 1 unspecified atom stereocenters. The molecular formula is C22H27N3O2S2. The van der Waals surface area contributed by atoms with Crippen LogP contribution in [0.4, 0.5) is 0 Å². The van der Waals surface area contributed by atoms with E-state index in [9.17, 15) is 9.59 Å². The van der Waals surface area contributed by atoms with Crippen molar-refractivity contribution in [1.29, 1.82) is 0 Å². The Morgan fingerprint density at radius 2 is 1.97 bits per heavy atom. The summed E-state index contributed by atoms with van der Waals surface area (Å²) in [6, 6.07) is 6.16. The fraction of sp³-hybridized carbons (Fsp3) is 0.409. The van der Waals surface area contributed by atoms with E-state index in [0.717, 1.165) is 20.8 Å². The molecule has 154 valence electrons. The quantitative estimate of drug-likeness (QED) is 0.456. The number of hydrogen-bond acceptors (Lipinski definition) is 5. The minimum Gasteiger partial charge on any atom is -0.349 e. The number of benzene rings is 1. The minimum atomic E-state index is -0.0752. The van der Waals surface area contributed by atoms with Crippen LogP contribution in [-0.2, 0) is 11.3 Å². The molecule has 3 aromatic rings. The minimum absolute atomic E-state index is 0.0224. The molecule has 2 aromatic heterocycles.